The monoisotopic (exact) mass is 1670 g/mol. The van der Waals surface area contributed by atoms with Crippen LogP contribution in [0.1, 0.15) is 228 Å². The van der Waals surface area contributed by atoms with Crippen molar-refractivity contribution in [3.05, 3.63) is 278 Å². The summed E-state index contributed by atoms with van der Waals surface area (Å²) < 4.78 is 5.01. The van der Waals surface area contributed by atoms with Gasteiger partial charge in [-0.15, -0.1) is 0 Å². The molecule has 0 aliphatic carbocycles. The van der Waals surface area contributed by atoms with Gasteiger partial charge >= 0.3 is 89.5 Å². The fraction of sp³-hybridized carbons (Fsp3) is 0.284. The molecule has 0 aliphatic heterocycles. The molecular weight excluding hydrogens is 1570 g/mol. The number of benzene rings is 8. The lowest BCUT2D eigenvalue weighted by molar-refractivity contribution is -0.163. The Morgan fingerprint density at radius 3 is 0.367 bits per heavy atom. The van der Waals surface area contributed by atoms with E-state index in [1.807, 2.05) is 65.8 Å². The standard InChI is InChI=1S/3C17H16O4.C17H18O4.4C5H8O4/c3*1-17(2,13-7-3-11(4-8-13)15(18)19)14-9-5-12(6-10-14)16(20)21;1-17(2,13-5-3-12(4-6-13)16(19)20)14-7-9-15(10-8-14)21-11-18;4*1-5(2,3(6)7)4(8)9/h3*3-10H,1-2H3,(H,18,19)(H,20,21);3-10,18H,11H2,1-2H3,(H,19,20);4*1-2H3,(H,6,7)(H,8,9). The van der Waals surface area contributed by atoms with Crippen molar-refractivity contribution in [1.82, 2.24) is 0 Å². The molecule has 0 radical (unpaired) electrons. The Morgan fingerprint density at radius 2 is 0.292 bits per heavy atom. The summed E-state index contributed by atoms with van der Waals surface area (Å²) in [5.74, 6) is -16.6. The van der Waals surface area contributed by atoms with Gasteiger partial charge in [-0.2, -0.15) is 0 Å². The maximum atomic E-state index is 10.9. The molecule has 8 rings (SSSR count). The summed E-state index contributed by atoms with van der Waals surface area (Å²) in [6.07, 6.45) is 0. The van der Waals surface area contributed by atoms with Crippen molar-refractivity contribution in [2.24, 2.45) is 21.7 Å². The van der Waals surface area contributed by atoms with Crippen LogP contribution < -0.4 is 4.74 Å². The normalized spacial score (nSPS) is 11.1. The van der Waals surface area contributed by atoms with Crippen molar-refractivity contribution in [2.75, 3.05) is 6.79 Å². The Hall–Kier alpha value is -14.4. The van der Waals surface area contributed by atoms with E-state index < -0.39 is 111 Å². The first-order valence-electron chi connectivity index (χ1n) is 35.5. The van der Waals surface area contributed by atoms with Crippen LogP contribution in [0.25, 0.3) is 0 Å². The summed E-state index contributed by atoms with van der Waals surface area (Å²) in [6, 6.07) is 54.7. The average molecular weight is 1670 g/mol. The number of aliphatic hydroxyl groups excluding tert-OH is 1. The Labute approximate surface area is 689 Å². The number of carboxylic acid groups (broad SMARTS) is 15. The van der Waals surface area contributed by atoms with Crippen molar-refractivity contribution in [2.45, 2.75) is 132 Å². The van der Waals surface area contributed by atoms with Gasteiger partial charge in [0.15, 0.2) is 28.5 Å². The van der Waals surface area contributed by atoms with Gasteiger partial charge in [-0.3, -0.25) is 38.4 Å². The van der Waals surface area contributed by atoms with Crippen molar-refractivity contribution in [1.29, 1.82) is 0 Å². The minimum Gasteiger partial charge on any atom is -0.480 e. The molecule has 0 atom stereocenters. The lowest BCUT2D eigenvalue weighted by Gasteiger charge is -2.26. The second kappa shape index (κ2) is 43.5. The largest absolute Gasteiger partial charge is 0.480 e. The highest BCUT2D eigenvalue weighted by molar-refractivity contribution is 5.99. The zero-order valence-corrected chi connectivity index (χ0v) is 68.4. The highest BCUT2D eigenvalue weighted by Gasteiger charge is 2.39. The lowest BCUT2D eigenvalue weighted by atomic mass is 9.78. The highest BCUT2D eigenvalue weighted by atomic mass is 16.6. The number of hydrogen-bond donors (Lipinski definition) is 16. The number of carbonyl (C=O) groups is 15. The summed E-state index contributed by atoms with van der Waals surface area (Å²) in [6.45, 7) is 25.0. The van der Waals surface area contributed by atoms with Gasteiger partial charge in [-0.05, 0) is 197 Å². The summed E-state index contributed by atoms with van der Waals surface area (Å²) in [5, 5.41) is 137. The Morgan fingerprint density at radius 1 is 0.192 bits per heavy atom. The smallest absolute Gasteiger partial charge is 0.335 e. The van der Waals surface area contributed by atoms with E-state index in [1.165, 1.54) is 0 Å². The van der Waals surface area contributed by atoms with Crippen LogP contribution in [0, 0.1) is 21.7 Å². The highest BCUT2D eigenvalue weighted by Crippen LogP contribution is 2.36. The van der Waals surface area contributed by atoms with Gasteiger partial charge in [0.25, 0.3) is 0 Å². The van der Waals surface area contributed by atoms with Gasteiger partial charge in [0.2, 0.25) is 0 Å². The van der Waals surface area contributed by atoms with Crippen LogP contribution in [0.4, 0.5) is 0 Å². The Balaban J connectivity index is 0.000000706. The molecule has 0 saturated heterocycles. The van der Waals surface area contributed by atoms with Crippen LogP contribution in [0.15, 0.2) is 194 Å². The number of hydrogen-bond acceptors (Lipinski definition) is 17. The maximum absolute atomic E-state index is 10.9. The van der Waals surface area contributed by atoms with Crippen molar-refractivity contribution >= 4 is 89.5 Å². The molecule has 0 bridgehead atoms. The quantitative estimate of drug-likeness (QED) is 0.0187. The molecule has 8 aromatic rings. The van der Waals surface area contributed by atoms with E-state index in [1.54, 1.807) is 170 Å². The van der Waals surface area contributed by atoms with Crippen molar-refractivity contribution < 1.29 is 158 Å². The molecule has 642 valence electrons. The van der Waals surface area contributed by atoms with Gasteiger partial charge in [0, 0.05) is 21.7 Å². The second-order valence-electron chi connectivity index (χ2n) is 30.4. The summed E-state index contributed by atoms with van der Waals surface area (Å²) in [5.41, 5.74) is 1.74. The van der Waals surface area contributed by atoms with Gasteiger partial charge < -0.3 is 86.4 Å². The molecule has 32 heteroatoms. The molecule has 16 N–H and O–H groups in total. The first-order valence-corrected chi connectivity index (χ1v) is 35.5. The third-order valence-electron chi connectivity index (χ3n) is 19.1. The molecular formula is C88H98O32. The first-order chi connectivity index (χ1) is 55.0. The topological polar surface area (TPSA) is 589 Å². The van der Waals surface area contributed by atoms with Crippen molar-refractivity contribution in [3.8, 4) is 5.75 Å². The Kier molecular flexibility index (Phi) is 37.6. The zero-order valence-electron chi connectivity index (χ0n) is 68.4. The van der Waals surface area contributed by atoms with Gasteiger partial charge in [-0.1, -0.05) is 152 Å². The fourth-order valence-corrected chi connectivity index (χ4v) is 9.28. The molecule has 0 spiro atoms. The zero-order chi connectivity index (χ0) is 92.9. The predicted octanol–water partition coefficient (Wildman–Crippen LogP) is 14.0. The molecule has 0 heterocycles. The molecule has 0 amide bonds. The van der Waals surface area contributed by atoms with E-state index in [2.05, 4.69) is 13.8 Å². The van der Waals surface area contributed by atoms with E-state index in [-0.39, 0.29) is 67.4 Å². The Bertz CT molecular complexity index is 4270. The molecule has 0 unspecified atom stereocenters. The van der Waals surface area contributed by atoms with Crippen LogP contribution in [-0.2, 0) is 60.0 Å². The predicted molar refractivity (Wildman–Crippen MR) is 433 cm³/mol. The van der Waals surface area contributed by atoms with Crippen LogP contribution in [0.3, 0.4) is 0 Å². The number of carboxylic acids is 15. The molecule has 0 fully saturated rings. The minimum atomic E-state index is -1.67. The molecule has 32 nitrogen and oxygen atoms in total. The number of aliphatic hydroxyl groups is 1. The van der Waals surface area contributed by atoms with E-state index in [9.17, 15) is 71.9 Å². The van der Waals surface area contributed by atoms with Gasteiger partial charge in [-0.25, -0.2) is 33.6 Å². The van der Waals surface area contributed by atoms with Gasteiger partial charge in [0.05, 0.1) is 38.9 Å². The molecule has 0 saturated carbocycles. The average Bonchev–Trinajstić information content (AvgIpc) is 0.811. The third-order valence-corrected chi connectivity index (χ3v) is 19.1. The number of ether oxygens (including phenoxy) is 1. The van der Waals surface area contributed by atoms with E-state index in [4.69, 9.17) is 86.4 Å². The van der Waals surface area contributed by atoms with Crippen LogP contribution in [0.2, 0.25) is 0 Å². The molecule has 8 aromatic carbocycles. The summed E-state index contributed by atoms with van der Waals surface area (Å²) in [7, 11) is 0. The van der Waals surface area contributed by atoms with E-state index in [0.717, 1.165) is 99.9 Å². The van der Waals surface area contributed by atoms with Crippen LogP contribution in [0.5, 0.6) is 5.75 Å². The maximum Gasteiger partial charge on any atom is 0.335 e. The number of aliphatic carboxylic acids is 8. The summed E-state index contributed by atoms with van der Waals surface area (Å²) >= 11 is 0. The van der Waals surface area contributed by atoms with Gasteiger partial charge in [0.1, 0.15) is 5.75 Å². The van der Waals surface area contributed by atoms with E-state index in [0.29, 0.717) is 5.75 Å². The molecule has 0 aromatic heterocycles. The first kappa shape index (κ1) is 104. The lowest BCUT2D eigenvalue weighted by Crippen LogP contribution is -2.32. The second-order valence-corrected chi connectivity index (χ2v) is 30.4. The molecule has 120 heavy (non-hydrogen) atoms. The van der Waals surface area contributed by atoms with Crippen molar-refractivity contribution in [3.63, 3.8) is 0 Å². The summed E-state index contributed by atoms with van der Waals surface area (Å²) in [4.78, 5) is 157. The number of aromatic carboxylic acids is 7. The minimum absolute atomic E-state index is 0.246. The third kappa shape index (κ3) is 29.4. The molecule has 0 aliphatic rings. The SMILES string of the molecule is CC(C)(C(=O)O)C(=O)O.CC(C)(C(=O)O)C(=O)O.CC(C)(C(=O)O)C(=O)O.CC(C)(C(=O)O)C(=O)O.CC(C)(c1ccc(C(=O)O)cc1)c1ccc(C(=O)O)cc1.CC(C)(c1ccc(C(=O)O)cc1)c1ccc(C(=O)O)cc1.CC(C)(c1ccc(C(=O)O)cc1)c1ccc(C(=O)O)cc1.CC(C)(c1ccc(OCO)cc1)c1ccc(C(=O)O)cc1. The fourth-order valence-electron chi connectivity index (χ4n) is 9.28. The number of rotatable bonds is 25. The van der Waals surface area contributed by atoms with Crippen LogP contribution >= 0.6 is 0 Å². The van der Waals surface area contributed by atoms with E-state index >= 15 is 0 Å². The van der Waals surface area contributed by atoms with Crippen LogP contribution in [-0.4, -0.2) is 178 Å².